The third-order valence-electron chi connectivity index (χ3n) is 3.57. The fourth-order valence-electron chi connectivity index (χ4n) is 2.28. The largest absolute Gasteiger partial charge is 0.292 e. The van der Waals surface area contributed by atoms with Gasteiger partial charge in [0.15, 0.2) is 5.78 Å². The van der Waals surface area contributed by atoms with E-state index in [0.717, 1.165) is 23.6 Å². The van der Waals surface area contributed by atoms with Crippen LogP contribution in [0.15, 0.2) is 36.5 Å². The molecule has 1 heterocycles. The van der Waals surface area contributed by atoms with Crippen molar-refractivity contribution in [2.24, 2.45) is 5.92 Å². The summed E-state index contributed by atoms with van der Waals surface area (Å²) in [6, 6.07) is 9.88. The number of ketones is 1. The summed E-state index contributed by atoms with van der Waals surface area (Å²) >= 11 is 0. The molecule has 0 aliphatic rings. The van der Waals surface area contributed by atoms with Crippen LogP contribution in [0.2, 0.25) is 0 Å². The Balaban J connectivity index is 2.33. The van der Waals surface area contributed by atoms with Crippen molar-refractivity contribution in [1.29, 1.82) is 0 Å². The van der Waals surface area contributed by atoms with Crippen LogP contribution in [0.1, 0.15) is 43.6 Å². The minimum Gasteiger partial charge on any atom is -0.292 e. The van der Waals surface area contributed by atoms with Gasteiger partial charge in [-0.1, -0.05) is 51.0 Å². The number of pyridine rings is 1. The molecule has 2 rings (SSSR count). The van der Waals surface area contributed by atoms with Crippen LogP contribution >= 0.6 is 0 Å². The van der Waals surface area contributed by atoms with Crippen molar-refractivity contribution in [3.05, 3.63) is 42.2 Å². The number of carbonyl (C=O) groups excluding carboxylic acids is 1. The normalized spacial score (nSPS) is 11.1. The first-order valence-electron chi connectivity index (χ1n) is 6.63. The van der Waals surface area contributed by atoms with Gasteiger partial charge in [0, 0.05) is 18.0 Å². The zero-order valence-electron chi connectivity index (χ0n) is 11.0. The Morgan fingerprint density at radius 3 is 2.61 bits per heavy atom. The molecule has 0 saturated heterocycles. The molecule has 0 spiro atoms. The van der Waals surface area contributed by atoms with E-state index in [0.29, 0.717) is 18.0 Å². The summed E-state index contributed by atoms with van der Waals surface area (Å²) in [6.45, 7) is 4.27. The van der Waals surface area contributed by atoms with Gasteiger partial charge in [-0.3, -0.25) is 9.78 Å². The van der Waals surface area contributed by atoms with Gasteiger partial charge in [0.25, 0.3) is 0 Å². The highest BCUT2D eigenvalue weighted by Crippen LogP contribution is 2.21. The molecule has 0 radical (unpaired) electrons. The summed E-state index contributed by atoms with van der Waals surface area (Å²) in [5.41, 5.74) is 0.625. The molecular weight excluding hydrogens is 222 g/mol. The van der Waals surface area contributed by atoms with E-state index in [-0.39, 0.29) is 5.78 Å². The number of carbonyl (C=O) groups is 1. The molecule has 2 heteroatoms. The highest BCUT2D eigenvalue weighted by molar-refractivity contribution is 6.06. The molecule has 0 aliphatic heterocycles. The number of hydrogen-bond acceptors (Lipinski definition) is 2. The van der Waals surface area contributed by atoms with Crippen molar-refractivity contribution in [1.82, 2.24) is 4.98 Å². The summed E-state index contributed by atoms with van der Waals surface area (Å²) in [4.78, 5) is 16.6. The summed E-state index contributed by atoms with van der Waals surface area (Å²) in [5, 5.41) is 2.05. The molecule has 0 aliphatic carbocycles. The Morgan fingerprint density at radius 2 is 1.89 bits per heavy atom. The van der Waals surface area contributed by atoms with Crippen LogP contribution in [-0.4, -0.2) is 10.8 Å². The fraction of sp³-hybridized carbons (Fsp3) is 0.375. The number of fused-ring (bicyclic) bond motifs is 1. The van der Waals surface area contributed by atoms with E-state index in [2.05, 4.69) is 18.8 Å². The van der Waals surface area contributed by atoms with Crippen LogP contribution in [-0.2, 0) is 0 Å². The van der Waals surface area contributed by atoms with Crippen LogP contribution in [0.5, 0.6) is 0 Å². The van der Waals surface area contributed by atoms with Gasteiger partial charge in [-0.25, -0.2) is 0 Å². The smallest absolute Gasteiger partial charge is 0.182 e. The highest BCUT2D eigenvalue weighted by atomic mass is 16.1. The SMILES string of the molecule is CCC(CC)CC(=O)c1nccc2ccccc12. The minimum absolute atomic E-state index is 0.167. The number of aromatic nitrogens is 1. The van der Waals surface area contributed by atoms with Crippen molar-refractivity contribution in [2.75, 3.05) is 0 Å². The molecule has 94 valence electrons. The lowest BCUT2D eigenvalue weighted by Crippen LogP contribution is -2.09. The first kappa shape index (κ1) is 12.7. The lowest BCUT2D eigenvalue weighted by atomic mass is 9.94. The van der Waals surface area contributed by atoms with E-state index in [1.807, 2.05) is 30.3 Å². The lowest BCUT2D eigenvalue weighted by Gasteiger charge is -2.11. The third-order valence-corrected chi connectivity index (χ3v) is 3.57. The summed E-state index contributed by atoms with van der Waals surface area (Å²) in [7, 11) is 0. The quantitative estimate of drug-likeness (QED) is 0.733. The Kier molecular flexibility index (Phi) is 4.08. The van der Waals surface area contributed by atoms with E-state index < -0.39 is 0 Å². The van der Waals surface area contributed by atoms with Gasteiger partial charge < -0.3 is 0 Å². The first-order valence-corrected chi connectivity index (χ1v) is 6.63. The average Bonchev–Trinajstić information content (AvgIpc) is 2.43. The van der Waals surface area contributed by atoms with Crippen molar-refractivity contribution < 1.29 is 4.79 Å². The minimum atomic E-state index is 0.167. The van der Waals surface area contributed by atoms with Crippen LogP contribution in [0.25, 0.3) is 10.8 Å². The standard InChI is InChI=1S/C16H19NO/c1-3-12(4-2)11-15(18)16-14-8-6-5-7-13(14)9-10-17-16/h5-10,12H,3-4,11H2,1-2H3. The fourth-order valence-corrected chi connectivity index (χ4v) is 2.28. The Labute approximate surface area is 108 Å². The molecule has 0 saturated carbocycles. The Hall–Kier alpha value is -1.70. The molecular formula is C16H19NO. The predicted octanol–water partition coefficient (Wildman–Crippen LogP) is 4.24. The second-order valence-electron chi connectivity index (χ2n) is 4.69. The third kappa shape index (κ3) is 2.58. The van der Waals surface area contributed by atoms with Crippen LogP contribution in [0, 0.1) is 5.92 Å². The van der Waals surface area contributed by atoms with Crippen molar-refractivity contribution in [3.63, 3.8) is 0 Å². The van der Waals surface area contributed by atoms with E-state index in [1.165, 1.54) is 0 Å². The zero-order valence-corrected chi connectivity index (χ0v) is 11.0. The molecule has 1 aromatic heterocycles. The zero-order chi connectivity index (χ0) is 13.0. The molecule has 0 N–H and O–H groups in total. The second kappa shape index (κ2) is 5.76. The molecule has 0 atom stereocenters. The first-order chi connectivity index (χ1) is 8.76. The van der Waals surface area contributed by atoms with E-state index in [9.17, 15) is 4.79 Å². The Bertz CT molecular complexity index is 538. The number of hydrogen-bond donors (Lipinski definition) is 0. The molecule has 18 heavy (non-hydrogen) atoms. The number of nitrogens with zero attached hydrogens (tertiary/aromatic N) is 1. The average molecular weight is 241 g/mol. The van der Waals surface area contributed by atoms with Gasteiger partial charge in [0.05, 0.1) is 0 Å². The predicted molar refractivity (Wildman–Crippen MR) is 74.8 cm³/mol. The van der Waals surface area contributed by atoms with E-state index >= 15 is 0 Å². The van der Waals surface area contributed by atoms with Gasteiger partial charge in [-0.05, 0) is 17.4 Å². The topological polar surface area (TPSA) is 30.0 Å². The molecule has 2 aromatic rings. The Morgan fingerprint density at radius 1 is 1.17 bits per heavy atom. The second-order valence-corrected chi connectivity index (χ2v) is 4.69. The monoisotopic (exact) mass is 241 g/mol. The van der Waals surface area contributed by atoms with Gasteiger partial charge >= 0.3 is 0 Å². The summed E-state index contributed by atoms with van der Waals surface area (Å²) in [6.07, 6.45) is 4.43. The van der Waals surface area contributed by atoms with Gasteiger partial charge in [-0.15, -0.1) is 0 Å². The molecule has 0 amide bonds. The van der Waals surface area contributed by atoms with Gasteiger partial charge in [0.1, 0.15) is 5.69 Å². The number of benzene rings is 1. The van der Waals surface area contributed by atoms with Crippen LogP contribution < -0.4 is 0 Å². The van der Waals surface area contributed by atoms with Crippen molar-refractivity contribution in [3.8, 4) is 0 Å². The summed E-state index contributed by atoms with van der Waals surface area (Å²) < 4.78 is 0. The van der Waals surface area contributed by atoms with E-state index in [1.54, 1.807) is 6.20 Å². The van der Waals surface area contributed by atoms with E-state index in [4.69, 9.17) is 0 Å². The highest BCUT2D eigenvalue weighted by Gasteiger charge is 2.15. The lowest BCUT2D eigenvalue weighted by molar-refractivity contribution is 0.0955. The number of Topliss-reactive ketones (excluding diaryl/α,β-unsaturated/α-hetero) is 1. The number of rotatable bonds is 5. The molecule has 0 unspecified atom stereocenters. The van der Waals surface area contributed by atoms with Crippen LogP contribution in [0.4, 0.5) is 0 Å². The van der Waals surface area contributed by atoms with Crippen LogP contribution in [0.3, 0.4) is 0 Å². The van der Waals surface area contributed by atoms with Crippen molar-refractivity contribution >= 4 is 16.6 Å². The van der Waals surface area contributed by atoms with Crippen molar-refractivity contribution in [2.45, 2.75) is 33.1 Å². The molecule has 0 bridgehead atoms. The maximum Gasteiger partial charge on any atom is 0.182 e. The van der Waals surface area contributed by atoms with Gasteiger partial charge in [-0.2, -0.15) is 0 Å². The van der Waals surface area contributed by atoms with Gasteiger partial charge in [0.2, 0.25) is 0 Å². The molecule has 1 aromatic carbocycles. The summed E-state index contributed by atoms with van der Waals surface area (Å²) in [5.74, 6) is 0.638. The maximum atomic E-state index is 12.3. The molecule has 2 nitrogen and oxygen atoms in total. The maximum absolute atomic E-state index is 12.3. The molecule has 0 fully saturated rings.